The molecule has 19 heteroatoms. The van der Waals surface area contributed by atoms with Gasteiger partial charge in [-0.1, -0.05) is 35.0 Å². The Kier molecular flexibility index (Phi) is 7.65. The second-order valence-corrected chi connectivity index (χ2v) is 11.6. The van der Waals surface area contributed by atoms with Crippen LogP contribution in [-0.2, 0) is 25.7 Å². The number of nitrogens with two attached hydrogens (primary N) is 1. The van der Waals surface area contributed by atoms with E-state index in [-0.39, 0.29) is 44.1 Å². The quantitative estimate of drug-likeness (QED) is 0.174. The van der Waals surface area contributed by atoms with Gasteiger partial charge in [0.25, 0.3) is 5.91 Å². The number of amides is 2. The number of nitrogens with one attached hydrogen (secondary N) is 1. The second kappa shape index (κ2) is 10.4. The van der Waals surface area contributed by atoms with E-state index in [0.717, 1.165) is 27.8 Å². The minimum absolute atomic E-state index is 0.0111. The van der Waals surface area contributed by atoms with Crippen molar-refractivity contribution in [2.45, 2.75) is 23.1 Å². The molecule has 192 valence electrons. The Bertz CT molecular complexity index is 1270. The number of aliphatic carboxylic acids is 2. The monoisotopic (exact) mass is 594 g/mol. The van der Waals surface area contributed by atoms with Crippen LogP contribution in [-0.4, -0.2) is 93.5 Å². The van der Waals surface area contributed by atoms with E-state index < -0.39 is 47.1 Å². The summed E-state index contributed by atoms with van der Waals surface area (Å²) in [5.41, 5.74) is 4.30. The van der Waals surface area contributed by atoms with Gasteiger partial charge in [0.1, 0.15) is 27.9 Å². The average Bonchev–Trinajstić information content (AvgIpc) is 3.43. The van der Waals surface area contributed by atoms with Gasteiger partial charge in [0.15, 0.2) is 5.13 Å². The van der Waals surface area contributed by atoms with Crippen LogP contribution in [0, 0.1) is 5.41 Å². The van der Waals surface area contributed by atoms with Crippen LogP contribution in [0.3, 0.4) is 0 Å². The number of halogens is 2. The van der Waals surface area contributed by atoms with Gasteiger partial charge in [0, 0.05) is 23.4 Å². The minimum atomic E-state index is -1.35. The molecule has 2 aromatic heterocycles. The molecular weight excluding hydrogens is 579 g/mol. The summed E-state index contributed by atoms with van der Waals surface area (Å²) in [6.45, 7) is -0.589. The number of aromatic nitrogens is 5. The second-order valence-electron chi connectivity index (χ2n) is 7.71. The van der Waals surface area contributed by atoms with E-state index in [2.05, 4.69) is 25.8 Å². The first-order valence-corrected chi connectivity index (χ1v) is 13.5. The molecule has 2 aromatic rings. The van der Waals surface area contributed by atoms with E-state index in [1.54, 1.807) is 0 Å². The van der Waals surface area contributed by atoms with Crippen molar-refractivity contribution in [3.8, 4) is 0 Å². The summed E-state index contributed by atoms with van der Waals surface area (Å²) in [7, 11) is 0. The summed E-state index contributed by atoms with van der Waals surface area (Å²) in [6, 6.07) is -0.913. The van der Waals surface area contributed by atoms with Gasteiger partial charge in [-0.2, -0.15) is 0 Å². The average molecular weight is 595 g/mol. The van der Waals surface area contributed by atoms with Crippen molar-refractivity contribution in [1.82, 2.24) is 35.4 Å². The minimum Gasteiger partial charge on any atom is -0.481 e. The third-order valence-corrected chi connectivity index (χ3v) is 9.23. The number of nitrogens with zero attached hydrogens (tertiary/aromatic N) is 6. The molecule has 5 N–H and O–H groups in total. The highest BCUT2D eigenvalue weighted by Gasteiger charge is 2.57. The molecule has 2 aliphatic rings. The Labute approximate surface area is 224 Å². The molecule has 2 unspecified atom stereocenters. The fourth-order valence-electron chi connectivity index (χ4n) is 3.55. The van der Waals surface area contributed by atoms with Crippen molar-refractivity contribution in [3.05, 3.63) is 15.6 Å². The molecule has 4 rings (SSSR count). The lowest BCUT2D eigenvalue weighted by Gasteiger charge is -2.53. The Morgan fingerprint density at radius 1 is 1.33 bits per heavy atom. The molecule has 2 saturated heterocycles. The van der Waals surface area contributed by atoms with Gasteiger partial charge in [-0.05, 0) is 10.4 Å². The van der Waals surface area contributed by atoms with Gasteiger partial charge >= 0.3 is 11.9 Å². The van der Waals surface area contributed by atoms with E-state index in [1.807, 2.05) is 0 Å². The first-order valence-electron chi connectivity index (χ1n) is 9.86. The van der Waals surface area contributed by atoms with Crippen LogP contribution in [0.1, 0.15) is 5.69 Å². The van der Waals surface area contributed by atoms with E-state index in [9.17, 15) is 24.3 Å². The lowest BCUT2D eigenvalue weighted by Crippen LogP contribution is -2.74. The van der Waals surface area contributed by atoms with Crippen molar-refractivity contribution in [3.63, 3.8) is 0 Å². The maximum Gasteiger partial charge on any atom is 0.325 e. The molecule has 0 spiro atoms. The third kappa shape index (κ3) is 5.10. The molecule has 0 aromatic carbocycles. The molecule has 2 amide bonds. The van der Waals surface area contributed by atoms with Gasteiger partial charge < -0.3 is 26.2 Å². The molecule has 3 atom stereocenters. The molecule has 4 heterocycles. The smallest absolute Gasteiger partial charge is 0.325 e. The number of thioether (sulfide) groups is 2. The van der Waals surface area contributed by atoms with E-state index in [4.69, 9.17) is 34.0 Å². The number of nitrogen functional groups attached to an aromatic ring is 1. The molecule has 0 aliphatic carbocycles. The highest BCUT2D eigenvalue weighted by molar-refractivity contribution is 8.00. The van der Waals surface area contributed by atoms with Gasteiger partial charge in [-0.25, -0.2) is 9.67 Å². The summed E-state index contributed by atoms with van der Waals surface area (Å²) >= 11 is 15.0. The number of tetrazole rings is 1. The van der Waals surface area contributed by atoms with Crippen LogP contribution in [0.4, 0.5) is 5.13 Å². The number of carbonyl (C=O) groups excluding carboxylic acids is 2. The van der Waals surface area contributed by atoms with E-state index in [0.29, 0.717) is 0 Å². The first-order chi connectivity index (χ1) is 17.0. The molecule has 0 saturated carbocycles. The molecule has 0 radical (unpaired) electrons. The van der Waals surface area contributed by atoms with Crippen molar-refractivity contribution < 1.29 is 29.4 Å². The van der Waals surface area contributed by atoms with Crippen LogP contribution in [0.25, 0.3) is 5.57 Å². The number of hydrogen-bond donors (Lipinski definition) is 4. The SMILES string of the molecule is Nc1nc(C(C(=O)NC2C(=O)N3CC(CSc4nnnn4CC(=O)O)(C(=O)O)CS[C@H]23)=C(Cl)Cl)cs1. The number of thiazole rings is 1. The molecule has 2 aliphatic heterocycles. The number of rotatable bonds is 9. The highest BCUT2D eigenvalue weighted by Crippen LogP contribution is 2.44. The number of hydrogen-bond acceptors (Lipinski definition) is 12. The lowest BCUT2D eigenvalue weighted by molar-refractivity contribution is -0.157. The van der Waals surface area contributed by atoms with Gasteiger partial charge in [0.05, 0.1) is 11.3 Å². The fraction of sp³-hybridized carbons (Fsp3) is 0.412. The lowest BCUT2D eigenvalue weighted by atomic mass is 9.89. The number of carboxylic acids is 2. The number of β-lactam (4-membered cyclic amide) rings is 1. The largest absolute Gasteiger partial charge is 0.481 e. The molecule has 2 fully saturated rings. The maximum absolute atomic E-state index is 12.9. The topological polar surface area (TPSA) is 207 Å². The Balaban J connectivity index is 1.43. The summed E-state index contributed by atoms with van der Waals surface area (Å²) < 4.78 is 0.704. The van der Waals surface area contributed by atoms with Crippen molar-refractivity contribution >= 4 is 92.5 Å². The Morgan fingerprint density at radius 2 is 2.08 bits per heavy atom. The number of fused-ring (bicyclic) bond motifs is 1. The summed E-state index contributed by atoms with van der Waals surface area (Å²) in [6.07, 6.45) is 0. The van der Waals surface area contributed by atoms with E-state index in [1.165, 1.54) is 22.0 Å². The Hall–Kier alpha value is -2.60. The number of carbonyl (C=O) groups is 4. The van der Waals surface area contributed by atoms with Crippen LogP contribution in [0.15, 0.2) is 15.0 Å². The van der Waals surface area contributed by atoms with Crippen LogP contribution in [0.2, 0.25) is 0 Å². The maximum atomic E-state index is 12.9. The Morgan fingerprint density at radius 3 is 2.69 bits per heavy atom. The summed E-state index contributed by atoms with van der Waals surface area (Å²) in [5.74, 6) is -3.34. The summed E-state index contributed by atoms with van der Waals surface area (Å²) in [5, 5.41) is 33.7. The zero-order chi connectivity index (χ0) is 26.2. The fourth-order valence-corrected chi connectivity index (χ4v) is 7.21. The van der Waals surface area contributed by atoms with Crippen molar-refractivity contribution in [2.24, 2.45) is 5.41 Å². The molecule has 0 bridgehead atoms. The van der Waals surface area contributed by atoms with Crippen LogP contribution in [0.5, 0.6) is 0 Å². The molecular formula is C17H16Cl2N8O6S3. The first kappa shape index (κ1) is 26.5. The normalized spacial score (nSPS) is 22.9. The number of carboxylic acid groups (broad SMARTS) is 2. The van der Waals surface area contributed by atoms with E-state index >= 15 is 0 Å². The van der Waals surface area contributed by atoms with Crippen molar-refractivity contribution in [2.75, 3.05) is 23.8 Å². The molecule has 14 nitrogen and oxygen atoms in total. The number of anilines is 1. The van der Waals surface area contributed by atoms with Gasteiger partial charge in [-0.3, -0.25) is 19.2 Å². The van der Waals surface area contributed by atoms with Gasteiger partial charge in [-0.15, -0.1) is 28.2 Å². The van der Waals surface area contributed by atoms with Crippen LogP contribution >= 0.6 is 58.1 Å². The standard InChI is InChI=1S/C17H16Cl2N8O6S3/c18-10(19)8(6-2-34-15(20)21-6)11(30)22-9-12(31)26-3-17(14(32)33,4-35-13(9)26)5-36-16-23-24-25-27(16)1-7(28)29/h2,9,13H,1,3-5H2,(H2,20,21)(H,22,30)(H,28,29)(H,32,33)/t9?,13-,17?/m1/s1. The third-order valence-electron chi connectivity index (χ3n) is 5.34. The molecule has 36 heavy (non-hydrogen) atoms. The highest BCUT2D eigenvalue weighted by atomic mass is 35.5. The van der Waals surface area contributed by atoms with Crippen molar-refractivity contribution in [1.29, 1.82) is 0 Å². The summed E-state index contributed by atoms with van der Waals surface area (Å²) in [4.78, 5) is 54.3. The zero-order valence-corrected chi connectivity index (χ0v) is 21.8. The van der Waals surface area contributed by atoms with Gasteiger partial charge in [0.2, 0.25) is 11.1 Å². The predicted molar refractivity (Wildman–Crippen MR) is 131 cm³/mol. The van der Waals surface area contributed by atoms with Crippen LogP contribution < -0.4 is 11.1 Å². The zero-order valence-electron chi connectivity index (χ0n) is 17.8. The predicted octanol–water partition coefficient (Wildman–Crippen LogP) is 0.206.